The summed E-state index contributed by atoms with van der Waals surface area (Å²) >= 11 is 0. The molecule has 0 saturated heterocycles. The molecule has 0 spiro atoms. The molecule has 2 N–H and O–H groups in total. The van der Waals surface area contributed by atoms with Crippen LogP contribution in [-0.2, 0) is 40.3 Å². The lowest BCUT2D eigenvalue weighted by atomic mass is 10.0. The summed E-state index contributed by atoms with van der Waals surface area (Å²) in [5, 5.41) is 8.85. The van der Waals surface area contributed by atoms with Gasteiger partial charge in [-0.3, -0.25) is 4.79 Å². The van der Waals surface area contributed by atoms with Crippen LogP contribution in [0.25, 0.3) is 11.1 Å². The Morgan fingerprint density at radius 1 is 1.00 bits per heavy atom. The topological polar surface area (TPSA) is 83.5 Å². The third kappa shape index (κ3) is 5.54. The number of hydrogen-bond acceptors (Lipinski definition) is 3. The first-order valence-corrected chi connectivity index (χ1v) is 12.2. The molecule has 3 aromatic carbocycles. The van der Waals surface area contributed by atoms with Crippen LogP contribution < -0.4 is 4.72 Å². The zero-order chi connectivity index (χ0) is 25.4. The van der Waals surface area contributed by atoms with Crippen molar-refractivity contribution in [3.8, 4) is 11.1 Å². The highest BCUT2D eigenvalue weighted by Crippen LogP contribution is 2.38. The monoisotopic (exact) mass is 507 g/mol. The second-order valence-electron chi connectivity index (χ2n) is 8.41. The number of aliphatic carboxylic acids is 1. The molecule has 5 nitrogen and oxygen atoms in total. The molecule has 4 rings (SSSR count). The van der Waals surface area contributed by atoms with E-state index in [4.69, 9.17) is 5.11 Å². The Balaban J connectivity index is 1.59. The van der Waals surface area contributed by atoms with Crippen molar-refractivity contribution >= 4 is 16.0 Å². The molecule has 0 fully saturated rings. The summed E-state index contributed by atoms with van der Waals surface area (Å²) in [6.07, 6.45) is -4.14. The quantitative estimate of drug-likeness (QED) is 0.442. The number of hydrogen-bond donors (Lipinski definition) is 2. The molecule has 3 aromatic rings. The number of benzene rings is 3. The van der Waals surface area contributed by atoms with Crippen LogP contribution in [0, 0.1) is 5.82 Å². The van der Waals surface area contributed by atoms with Gasteiger partial charge in [0.05, 0.1) is 10.5 Å². The summed E-state index contributed by atoms with van der Waals surface area (Å²) in [7, 11) is -4.56. The van der Waals surface area contributed by atoms with Crippen molar-refractivity contribution in [3.63, 3.8) is 0 Å². The maximum absolute atomic E-state index is 14.1. The van der Waals surface area contributed by atoms with Gasteiger partial charge in [-0.1, -0.05) is 42.5 Å². The van der Waals surface area contributed by atoms with E-state index in [1.54, 1.807) is 18.2 Å². The van der Waals surface area contributed by atoms with Crippen LogP contribution in [-0.4, -0.2) is 25.5 Å². The summed E-state index contributed by atoms with van der Waals surface area (Å²) in [6, 6.07) is 12.6. The van der Waals surface area contributed by atoms with Crippen molar-refractivity contribution in [1.29, 1.82) is 0 Å². The molecule has 35 heavy (non-hydrogen) atoms. The lowest BCUT2D eigenvalue weighted by Crippen LogP contribution is -2.36. The second kappa shape index (κ2) is 9.43. The minimum Gasteiger partial charge on any atom is -0.481 e. The number of rotatable bonds is 7. The third-order valence-corrected chi connectivity index (χ3v) is 7.49. The highest BCUT2D eigenvalue weighted by Gasteiger charge is 2.38. The molecule has 1 aliphatic carbocycles. The number of aryl methyl sites for hydroxylation is 1. The number of carbonyl (C=O) groups is 1. The first-order chi connectivity index (χ1) is 16.4. The Hall–Kier alpha value is -3.24. The number of sulfonamides is 1. The number of fused-ring (bicyclic) bond motifs is 1. The van der Waals surface area contributed by atoms with Gasteiger partial charge in [0, 0.05) is 18.0 Å². The molecule has 0 heterocycles. The van der Waals surface area contributed by atoms with Crippen LogP contribution in [0.15, 0.2) is 65.6 Å². The third-order valence-electron chi connectivity index (χ3n) is 5.91. The van der Waals surface area contributed by atoms with E-state index >= 15 is 0 Å². The smallest absolute Gasteiger partial charge is 0.417 e. The molecular weight excluding hydrogens is 486 g/mol. The molecule has 0 saturated carbocycles. The molecule has 0 bridgehead atoms. The molecule has 10 heteroatoms. The zero-order valence-corrected chi connectivity index (χ0v) is 19.1. The average Bonchev–Trinajstić information content (AvgIpc) is 3.17. The van der Waals surface area contributed by atoms with Gasteiger partial charge in [-0.2, -0.15) is 13.2 Å². The lowest BCUT2D eigenvalue weighted by Gasteiger charge is -2.18. The molecule has 0 radical (unpaired) electrons. The van der Waals surface area contributed by atoms with Gasteiger partial charge in [0.1, 0.15) is 5.82 Å². The van der Waals surface area contributed by atoms with E-state index < -0.39 is 44.5 Å². The highest BCUT2D eigenvalue weighted by atomic mass is 32.2. The Bertz CT molecular complexity index is 1390. The summed E-state index contributed by atoms with van der Waals surface area (Å²) in [4.78, 5) is 9.86. The molecule has 0 amide bonds. The van der Waals surface area contributed by atoms with Gasteiger partial charge in [0.2, 0.25) is 10.0 Å². The van der Waals surface area contributed by atoms with Crippen LogP contribution >= 0.6 is 0 Å². The van der Waals surface area contributed by atoms with Gasteiger partial charge in [0.15, 0.2) is 0 Å². The predicted molar refractivity (Wildman–Crippen MR) is 121 cm³/mol. The standard InChI is InChI=1S/C25H21F4NO4S/c26-22-4-2-1-3-20(22)17-8-9-23(21(14-17)25(27,28)29)35(33,34)30-19-12-16-7-5-15(6-10-24(31)32)11-18(16)13-19/h1-5,7-9,11,14,19,30H,6,10,12-13H2,(H,31,32). The van der Waals surface area contributed by atoms with Crippen LogP contribution in [0.4, 0.5) is 17.6 Å². The molecule has 0 aromatic heterocycles. The van der Waals surface area contributed by atoms with E-state index in [2.05, 4.69) is 4.72 Å². The lowest BCUT2D eigenvalue weighted by molar-refractivity contribution is -0.140. The van der Waals surface area contributed by atoms with Gasteiger partial charge in [0.25, 0.3) is 0 Å². The van der Waals surface area contributed by atoms with Crippen molar-refractivity contribution in [2.45, 2.75) is 42.8 Å². The number of alkyl halides is 3. The largest absolute Gasteiger partial charge is 0.481 e. The van der Waals surface area contributed by atoms with Gasteiger partial charge in [-0.25, -0.2) is 17.5 Å². The van der Waals surface area contributed by atoms with Gasteiger partial charge >= 0.3 is 12.1 Å². The second-order valence-corrected chi connectivity index (χ2v) is 10.1. The summed E-state index contributed by atoms with van der Waals surface area (Å²) in [6.45, 7) is 0. The Morgan fingerprint density at radius 2 is 1.71 bits per heavy atom. The molecular formula is C25H21F4NO4S. The molecule has 1 aliphatic rings. The van der Waals surface area contributed by atoms with Gasteiger partial charge in [-0.15, -0.1) is 0 Å². The maximum Gasteiger partial charge on any atom is 0.417 e. The predicted octanol–water partition coefficient (Wildman–Crippen LogP) is 4.97. The summed E-state index contributed by atoms with van der Waals surface area (Å²) in [5.74, 6) is -1.65. The Labute approximate surface area is 199 Å². The Kier molecular flexibility index (Phi) is 6.70. The van der Waals surface area contributed by atoms with Crippen LogP contribution in [0.2, 0.25) is 0 Å². The van der Waals surface area contributed by atoms with Crippen LogP contribution in [0.3, 0.4) is 0 Å². The van der Waals surface area contributed by atoms with Crippen molar-refractivity contribution in [1.82, 2.24) is 4.72 Å². The summed E-state index contributed by atoms with van der Waals surface area (Å²) in [5.41, 5.74) is 0.931. The number of carboxylic acid groups (broad SMARTS) is 1. The maximum atomic E-state index is 14.1. The van der Waals surface area contributed by atoms with Crippen molar-refractivity contribution < 1.29 is 35.9 Å². The van der Waals surface area contributed by atoms with E-state index in [1.807, 2.05) is 0 Å². The molecule has 1 unspecified atom stereocenters. The minimum atomic E-state index is -4.98. The van der Waals surface area contributed by atoms with E-state index in [0.29, 0.717) is 18.9 Å². The molecule has 184 valence electrons. The molecule has 0 aliphatic heterocycles. The fourth-order valence-electron chi connectivity index (χ4n) is 4.29. The number of halogens is 4. The van der Waals surface area contributed by atoms with E-state index in [-0.39, 0.29) is 24.0 Å². The zero-order valence-electron chi connectivity index (χ0n) is 18.3. The van der Waals surface area contributed by atoms with E-state index in [0.717, 1.165) is 34.9 Å². The fourth-order valence-corrected chi connectivity index (χ4v) is 5.74. The first kappa shape index (κ1) is 24.9. The first-order valence-electron chi connectivity index (χ1n) is 10.7. The van der Waals surface area contributed by atoms with Crippen LogP contribution in [0.5, 0.6) is 0 Å². The minimum absolute atomic E-state index is 0.0437. The van der Waals surface area contributed by atoms with Gasteiger partial charge < -0.3 is 5.11 Å². The fraction of sp³-hybridized carbons (Fsp3) is 0.240. The Morgan fingerprint density at radius 3 is 2.40 bits per heavy atom. The number of carboxylic acids is 1. The SMILES string of the molecule is O=C(O)CCc1ccc2c(c1)CC(NS(=O)(=O)c1ccc(-c3ccccc3F)cc1C(F)(F)F)C2. The van der Waals surface area contributed by atoms with Gasteiger partial charge in [-0.05, 0) is 59.7 Å². The molecule has 1 atom stereocenters. The van der Waals surface area contributed by atoms with Crippen LogP contribution in [0.1, 0.15) is 28.7 Å². The highest BCUT2D eigenvalue weighted by molar-refractivity contribution is 7.89. The normalized spacial score (nSPS) is 15.7. The van der Waals surface area contributed by atoms with Crippen molar-refractivity contribution in [2.75, 3.05) is 0 Å². The summed E-state index contributed by atoms with van der Waals surface area (Å²) < 4.78 is 84.1. The van der Waals surface area contributed by atoms with Crippen molar-refractivity contribution in [2.24, 2.45) is 0 Å². The van der Waals surface area contributed by atoms with E-state index in [9.17, 15) is 30.8 Å². The average molecular weight is 508 g/mol. The number of nitrogens with one attached hydrogen (secondary N) is 1. The van der Waals surface area contributed by atoms with E-state index in [1.165, 1.54) is 18.2 Å². The van der Waals surface area contributed by atoms with Crippen molar-refractivity contribution in [3.05, 3.63) is 88.7 Å².